The average Bonchev–Trinajstić information content (AvgIpc) is 2.61. The largest absolute Gasteiger partial charge is 0.508 e. The zero-order valence-corrected chi connectivity index (χ0v) is 9.32. The van der Waals surface area contributed by atoms with E-state index in [2.05, 4.69) is 10.2 Å². The summed E-state index contributed by atoms with van der Waals surface area (Å²) >= 11 is 1.54. The first-order valence-corrected chi connectivity index (χ1v) is 5.70. The van der Waals surface area contributed by atoms with Crippen LogP contribution in [0.1, 0.15) is 5.82 Å². The zero-order valence-electron chi connectivity index (χ0n) is 8.51. The van der Waals surface area contributed by atoms with Gasteiger partial charge in [0, 0.05) is 5.69 Å². The molecule has 78 valence electrons. The molecular formula is C10H11N3OS. The predicted octanol–water partition coefficient (Wildman–Crippen LogP) is 2.00. The molecule has 0 aliphatic heterocycles. The maximum atomic E-state index is 9.20. The molecule has 0 aliphatic carbocycles. The van der Waals surface area contributed by atoms with E-state index in [1.54, 1.807) is 23.9 Å². The fourth-order valence-electron chi connectivity index (χ4n) is 1.37. The fraction of sp³-hybridized carbons (Fsp3) is 0.200. The van der Waals surface area contributed by atoms with Crippen molar-refractivity contribution < 1.29 is 5.11 Å². The van der Waals surface area contributed by atoms with E-state index in [4.69, 9.17) is 0 Å². The van der Waals surface area contributed by atoms with Crippen molar-refractivity contribution in [3.63, 3.8) is 0 Å². The third kappa shape index (κ3) is 1.83. The van der Waals surface area contributed by atoms with Gasteiger partial charge in [0.1, 0.15) is 11.6 Å². The summed E-state index contributed by atoms with van der Waals surface area (Å²) in [6.07, 6.45) is 1.96. The maximum Gasteiger partial charge on any atom is 0.195 e. The van der Waals surface area contributed by atoms with Gasteiger partial charge in [-0.3, -0.25) is 4.57 Å². The van der Waals surface area contributed by atoms with Crippen molar-refractivity contribution in [2.24, 2.45) is 0 Å². The van der Waals surface area contributed by atoms with Crippen LogP contribution >= 0.6 is 11.8 Å². The predicted molar refractivity (Wildman–Crippen MR) is 59.5 cm³/mol. The SMILES string of the molecule is CSc1nnc(C)n1-c1ccc(O)cc1. The molecule has 2 aromatic rings. The maximum absolute atomic E-state index is 9.20. The lowest BCUT2D eigenvalue weighted by Crippen LogP contribution is -1.98. The summed E-state index contributed by atoms with van der Waals surface area (Å²) in [5.74, 6) is 1.10. The summed E-state index contributed by atoms with van der Waals surface area (Å²) in [4.78, 5) is 0. The summed E-state index contributed by atoms with van der Waals surface area (Å²) in [7, 11) is 0. The third-order valence-corrected chi connectivity index (χ3v) is 2.72. The summed E-state index contributed by atoms with van der Waals surface area (Å²) < 4.78 is 1.95. The van der Waals surface area contributed by atoms with E-state index < -0.39 is 0 Å². The number of aromatic hydroxyl groups is 1. The molecule has 2 rings (SSSR count). The third-order valence-electron chi connectivity index (χ3n) is 2.09. The highest BCUT2D eigenvalue weighted by molar-refractivity contribution is 7.98. The normalized spacial score (nSPS) is 10.5. The molecule has 1 N–H and O–H groups in total. The minimum atomic E-state index is 0.259. The molecule has 15 heavy (non-hydrogen) atoms. The van der Waals surface area contributed by atoms with Gasteiger partial charge in [0.2, 0.25) is 0 Å². The van der Waals surface area contributed by atoms with Gasteiger partial charge >= 0.3 is 0 Å². The van der Waals surface area contributed by atoms with E-state index in [9.17, 15) is 5.11 Å². The highest BCUT2D eigenvalue weighted by atomic mass is 32.2. The number of phenols is 1. The van der Waals surface area contributed by atoms with Crippen molar-refractivity contribution in [1.82, 2.24) is 14.8 Å². The number of nitrogens with zero attached hydrogens (tertiary/aromatic N) is 3. The molecule has 0 unspecified atom stereocenters. The summed E-state index contributed by atoms with van der Waals surface area (Å²) in [6, 6.07) is 6.98. The minimum absolute atomic E-state index is 0.259. The van der Waals surface area contributed by atoms with E-state index in [1.807, 2.05) is 29.9 Å². The molecule has 1 aromatic heterocycles. The Morgan fingerprint density at radius 3 is 2.47 bits per heavy atom. The molecular weight excluding hydrogens is 210 g/mol. The lowest BCUT2D eigenvalue weighted by atomic mass is 10.3. The molecule has 0 atom stereocenters. The molecule has 0 radical (unpaired) electrons. The molecule has 0 bridgehead atoms. The molecule has 0 amide bonds. The minimum Gasteiger partial charge on any atom is -0.508 e. The molecule has 0 aliphatic rings. The average molecular weight is 221 g/mol. The van der Waals surface area contributed by atoms with Gasteiger partial charge in [-0.25, -0.2) is 0 Å². The van der Waals surface area contributed by atoms with E-state index in [-0.39, 0.29) is 5.75 Å². The van der Waals surface area contributed by atoms with Crippen molar-refractivity contribution in [2.75, 3.05) is 6.26 Å². The molecule has 5 heteroatoms. The Morgan fingerprint density at radius 1 is 1.20 bits per heavy atom. The number of hydrogen-bond acceptors (Lipinski definition) is 4. The van der Waals surface area contributed by atoms with Crippen LogP contribution in [0.2, 0.25) is 0 Å². The first kappa shape index (κ1) is 10.0. The molecule has 0 spiro atoms. The Bertz CT molecular complexity index is 464. The smallest absolute Gasteiger partial charge is 0.195 e. The molecule has 1 heterocycles. The first-order valence-electron chi connectivity index (χ1n) is 4.48. The molecule has 0 saturated carbocycles. The van der Waals surface area contributed by atoms with Crippen LogP contribution in [0.4, 0.5) is 0 Å². The lowest BCUT2D eigenvalue weighted by Gasteiger charge is -2.06. The number of thioether (sulfide) groups is 1. The summed E-state index contributed by atoms with van der Waals surface area (Å²) in [5, 5.41) is 18.1. The van der Waals surface area contributed by atoms with Crippen molar-refractivity contribution in [3.05, 3.63) is 30.1 Å². The van der Waals surface area contributed by atoms with Gasteiger partial charge in [-0.05, 0) is 37.4 Å². The van der Waals surface area contributed by atoms with Gasteiger partial charge in [-0.15, -0.1) is 10.2 Å². The van der Waals surface area contributed by atoms with Crippen LogP contribution in [0.15, 0.2) is 29.4 Å². The standard InChI is InChI=1S/C10H11N3OS/c1-7-11-12-10(15-2)13(7)8-3-5-9(14)6-4-8/h3-6,14H,1-2H3. The quantitative estimate of drug-likeness (QED) is 0.788. The Morgan fingerprint density at radius 2 is 1.87 bits per heavy atom. The molecule has 1 aromatic carbocycles. The zero-order chi connectivity index (χ0) is 10.8. The van der Waals surface area contributed by atoms with E-state index in [0.717, 1.165) is 16.7 Å². The van der Waals surface area contributed by atoms with Gasteiger partial charge in [-0.1, -0.05) is 11.8 Å². The van der Waals surface area contributed by atoms with Crippen molar-refractivity contribution in [3.8, 4) is 11.4 Å². The topological polar surface area (TPSA) is 50.9 Å². The van der Waals surface area contributed by atoms with Crippen LogP contribution < -0.4 is 0 Å². The van der Waals surface area contributed by atoms with Gasteiger partial charge in [0.15, 0.2) is 5.16 Å². The van der Waals surface area contributed by atoms with E-state index >= 15 is 0 Å². The number of phenolic OH excluding ortho intramolecular Hbond substituents is 1. The van der Waals surface area contributed by atoms with Crippen LogP contribution in [0.5, 0.6) is 5.75 Å². The second-order valence-electron chi connectivity index (χ2n) is 3.09. The van der Waals surface area contributed by atoms with Gasteiger partial charge in [0.25, 0.3) is 0 Å². The Hall–Kier alpha value is -1.49. The Labute approximate surface area is 92.0 Å². The van der Waals surface area contributed by atoms with Crippen molar-refractivity contribution >= 4 is 11.8 Å². The lowest BCUT2D eigenvalue weighted by molar-refractivity contribution is 0.475. The highest BCUT2D eigenvalue weighted by Crippen LogP contribution is 2.21. The number of hydrogen-bond donors (Lipinski definition) is 1. The first-order chi connectivity index (χ1) is 7.22. The second kappa shape index (κ2) is 3.94. The Kier molecular flexibility index (Phi) is 2.64. The van der Waals surface area contributed by atoms with Crippen molar-refractivity contribution in [2.45, 2.75) is 12.1 Å². The number of aromatic nitrogens is 3. The number of rotatable bonds is 2. The number of aryl methyl sites for hydroxylation is 1. The Balaban J connectivity index is 2.52. The van der Waals surface area contributed by atoms with Gasteiger partial charge in [0.05, 0.1) is 0 Å². The monoisotopic (exact) mass is 221 g/mol. The highest BCUT2D eigenvalue weighted by Gasteiger charge is 2.08. The van der Waals surface area contributed by atoms with Crippen LogP contribution in [-0.2, 0) is 0 Å². The van der Waals surface area contributed by atoms with Crippen LogP contribution in [0, 0.1) is 6.92 Å². The summed E-state index contributed by atoms with van der Waals surface area (Å²) in [6.45, 7) is 1.90. The van der Waals surface area contributed by atoms with Crippen molar-refractivity contribution in [1.29, 1.82) is 0 Å². The van der Waals surface area contributed by atoms with Crippen LogP contribution in [0.3, 0.4) is 0 Å². The summed E-state index contributed by atoms with van der Waals surface area (Å²) in [5.41, 5.74) is 0.958. The molecule has 4 nitrogen and oxygen atoms in total. The number of benzene rings is 1. The second-order valence-corrected chi connectivity index (χ2v) is 3.86. The van der Waals surface area contributed by atoms with E-state index in [1.165, 1.54) is 0 Å². The molecule has 0 saturated heterocycles. The van der Waals surface area contributed by atoms with E-state index in [0.29, 0.717) is 0 Å². The molecule has 0 fully saturated rings. The fourth-order valence-corrected chi connectivity index (χ4v) is 1.92. The van der Waals surface area contributed by atoms with Gasteiger partial charge in [-0.2, -0.15) is 0 Å². The van der Waals surface area contributed by atoms with Crippen LogP contribution in [-0.4, -0.2) is 26.1 Å². The van der Waals surface area contributed by atoms with Crippen LogP contribution in [0.25, 0.3) is 5.69 Å². The van der Waals surface area contributed by atoms with Gasteiger partial charge < -0.3 is 5.11 Å².